The zero-order valence-corrected chi connectivity index (χ0v) is 11.5. The number of hydrogen-bond donors (Lipinski definition) is 2. The van der Waals surface area contributed by atoms with Gasteiger partial charge in [-0.1, -0.05) is 29.8 Å². The second-order valence-electron chi connectivity index (χ2n) is 4.49. The summed E-state index contributed by atoms with van der Waals surface area (Å²) in [6.07, 6.45) is 0. The van der Waals surface area contributed by atoms with Crippen molar-refractivity contribution in [3.05, 3.63) is 58.9 Å². The van der Waals surface area contributed by atoms with E-state index >= 15 is 0 Å². The molecule has 2 N–H and O–H groups in total. The zero-order valence-electron chi connectivity index (χ0n) is 10.8. The Bertz CT molecular complexity index is 780. The molecule has 2 aromatic carbocycles. The number of rotatable bonds is 2. The topological polar surface area (TPSA) is 57.8 Å². The molecule has 0 saturated carbocycles. The van der Waals surface area contributed by atoms with Gasteiger partial charge in [0.25, 0.3) is 5.91 Å². The quantitative estimate of drug-likeness (QED) is 0.753. The number of benzene rings is 2. The van der Waals surface area contributed by atoms with Crippen molar-refractivity contribution in [1.29, 1.82) is 0 Å². The molecule has 0 aliphatic carbocycles. The molecule has 0 atom stereocenters. The van der Waals surface area contributed by atoms with Crippen molar-refractivity contribution in [2.45, 2.75) is 6.92 Å². The second kappa shape index (κ2) is 4.98. The Labute approximate surface area is 120 Å². The van der Waals surface area contributed by atoms with Crippen LogP contribution in [0.2, 0.25) is 5.02 Å². The van der Waals surface area contributed by atoms with E-state index in [4.69, 9.17) is 11.6 Å². The summed E-state index contributed by atoms with van der Waals surface area (Å²) in [5, 5.41) is 3.33. The van der Waals surface area contributed by atoms with Crippen molar-refractivity contribution in [2.24, 2.45) is 0 Å². The Morgan fingerprint density at radius 1 is 1.25 bits per heavy atom. The first-order chi connectivity index (χ1) is 9.63. The Balaban J connectivity index is 2.03. The first kappa shape index (κ1) is 12.7. The van der Waals surface area contributed by atoms with Gasteiger partial charge in [-0.2, -0.15) is 0 Å². The lowest BCUT2D eigenvalue weighted by atomic mass is 10.1. The number of amides is 1. The third-order valence-corrected chi connectivity index (χ3v) is 3.16. The first-order valence-electron chi connectivity index (χ1n) is 6.16. The Hall–Kier alpha value is -2.33. The van der Waals surface area contributed by atoms with Crippen molar-refractivity contribution in [1.82, 2.24) is 9.97 Å². The maximum atomic E-state index is 12.4. The average molecular weight is 286 g/mol. The van der Waals surface area contributed by atoms with Gasteiger partial charge in [-0.15, -0.1) is 0 Å². The standard InChI is InChI=1S/C15H12ClN3O/c1-9-17-13-8-10(16)7-12(14(13)18-9)15(20)19-11-5-3-2-4-6-11/h2-8H,1H3,(H,17,18)(H,19,20). The van der Waals surface area contributed by atoms with E-state index in [0.29, 0.717) is 16.1 Å². The molecule has 1 heterocycles. The third kappa shape index (κ3) is 2.38. The number of para-hydroxylation sites is 1. The van der Waals surface area contributed by atoms with Gasteiger partial charge in [0.05, 0.1) is 11.1 Å². The largest absolute Gasteiger partial charge is 0.342 e. The molecule has 0 fully saturated rings. The van der Waals surface area contributed by atoms with Crippen LogP contribution in [0.5, 0.6) is 0 Å². The molecule has 4 nitrogen and oxygen atoms in total. The monoisotopic (exact) mass is 285 g/mol. The fourth-order valence-corrected chi connectivity index (χ4v) is 2.32. The molecule has 0 aliphatic heterocycles. The first-order valence-corrected chi connectivity index (χ1v) is 6.53. The Kier molecular flexibility index (Phi) is 3.16. The van der Waals surface area contributed by atoms with Gasteiger partial charge in [-0.25, -0.2) is 4.98 Å². The van der Waals surface area contributed by atoms with Crippen molar-refractivity contribution >= 4 is 34.2 Å². The van der Waals surface area contributed by atoms with E-state index in [0.717, 1.165) is 17.0 Å². The minimum absolute atomic E-state index is 0.227. The molecule has 0 saturated heterocycles. The predicted molar refractivity (Wildman–Crippen MR) is 80.2 cm³/mol. The van der Waals surface area contributed by atoms with E-state index < -0.39 is 0 Å². The van der Waals surface area contributed by atoms with Crippen LogP contribution >= 0.6 is 11.6 Å². The number of H-pyrrole nitrogens is 1. The number of nitrogens with zero attached hydrogens (tertiary/aromatic N) is 1. The molecule has 100 valence electrons. The van der Waals surface area contributed by atoms with Crippen LogP contribution in [0.15, 0.2) is 42.5 Å². The summed E-state index contributed by atoms with van der Waals surface area (Å²) in [6, 6.07) is 12.7. The van der Waals surface area contributed by atoms with E-state index in [1.165, 1.54) is 0 Å². The van der Waals surface area contributed by atoms with Gasteiger partial charge in [0.1, 0.15) is 11.3 Å². The number of aromatic amines is 1. The summed E-state index contributed by atoms with van der Waals surface area (Å²) in [5.41, 5.74) is 2.58. The number of anilines is 1. The number of halogens is 1. The van der Waals surface area contributed by atoms with Crippen LogP contribution in [0.25, 0.3) is 11.0 Å². The smallest absolute Gasteiger partial charge is 0.257 e. The van der Waals surface area contributed by atoms with Crippen LogP contribution in [0.3, 0.4) is 0 Å². The summed E-state index contributed by atoms with van der Waals surface area (Å²) in [4.78, 5) is 19.8. The van der Waals surface area contributed by atoms with Gasteiger partial charge in [0.2, 0.25) is 0 Å². The summed E-state index contributed by atoms with van der Waals surface area (Å²) < 4.78 is 0. The van der Waals surface area contributed by atoms with Crippen molar-refractivity contribution < 1.29 is 4.79 Å². The summed E-state index contributed by atoms with van der Waals surface area (Å²) in [7, 11) is 0. The normalized spacial score (nSPS) is 10.7. The van der Waals surface area contributed by atoms with Gasteiger partial charge in [-0.05, 0) is 31.2 Å². The van der Waals surface area contributed by atoms with Gasteiger partial charge in [-0.3, -0.25) is 4.79 Å². The Morgan fingerprint density at radius 2 is 2.00 bits per heavy atom. The highest BCUT2D eigenvalue weighted by Gasteiger charge is 2.14. The minimum Gasteiger partial charge on any atom is -0.342 e. The van der Waals surface area contributed by atoms with E-state index in [1.807, 2.05) is 37.3 Å². The molecular weight excluding hydrogens is 274 g/mol. The van der Waals surface area contributed by atoms with E-state index in [-0.39, 0.29) is 5.91 Å². The molecule has 0 spiro atoms. The lowest BCUT2D eigenvalue weighted by Gasteiger charge is -2.06. The number of carbonyl (C=O) groups is 1. The van der Waals surface area contributed by atoms with Crippen LogP contribution in [0, 0.1) is 6.92 Å². The number of aryl methyl sites for hydroxylation is 1. The van der Waals surface area contributed by atoms with Gasteiger partial charge in [0, 0.05) is 10.7 Å². The number of imidazole rings is 1. The average Bonchev–Trinajstić information content (AvgIpc) is 2.78. The van der Waals surface area contributed by atoms with Gasteiger partial charge in [0.15, 0.2) is 0 Å². The second-order valence-corrected chi connectivity index (χ2v) is 4.93. The van der Waals surface area contributed by atoms with Crippen molar-refractivity contribution in [3.8, 4) is 0 Å². The maximum Gasteiger partial charge on any atom is 0.257 e. The van der Waals surface area contributed by atoms with Crippen LogP contribution in [0.1, 0.15) is 16.2 Å². The van der Waals surface area contributed by atoms with Gasteiger partial charge < -0.3 is 10.3 Å². The molecule has 20 heavy (non-hydrogen) atoms. The summed E-state index contributed by atoms with van der Waals surface area (Å²) >= 11 is 6.05. The highest BCUT2D eigenvalue weighted by Crippen LogP contribution is 2.23. The van der Waals surface area contributed by atoms with Crippen molar-refractivity contribution in [2.75, 3.05) is 5.32 Å². The fourth-order valence-electron chi connectivity index (χ4n) is 2.10. The summed E-state index contributed by atoms with van der Waals surface area (Å²) in [5.74, 6) is 0.520. The Morgan fingerprint density at radius 3 is 2.75 bits per heavy atom. The molecule has 0 unspecified atom stereocenters. The molecule has 3 aromatic rings. The predicted octanol–water partition coefficient (Wildman–Crippen LogP) is 3.78. The molecule has 0 radical (unpaired) electrons. The SMILES string of the molecule is Cc1nc2c(C(=O)Nc3ccccc3)cc(Cl)cc2[nH]1. The van der Waals surface area contributed by atoms with Crippen LogP contribution in [-0.2, 0) is 0 Å². The zero-order chi connectivity index (χ0) is 14.1. The fraction of sp³-hybridized carbons (Fsp3) is 0.0667. The molecule has 0 aliphatic rings. The number of aromatic nitrogens is 2. The molecular formula is C15H12ClN3O. The molecule has 0 bridgehead atoms. The van der Waals surface area contributed by atoms with Crippen LogP contribution in [0.4, 0.5) is 5.69 Å². The highest BCUT2D eigenvalue weighted by molar-refractivity contribution is 6.32. The maximum absolute atomic E-state index is 12.4. The molecule has 3 rings (SSSR count). The number of carbonyl (C=O) groups excluding carboxylic acids is 1. The van der Waals surface area contributed by atoms with Gasteiger partial charge >= 0.3 is 0 Å². The highest BCUT2D eigenvalue weighted by atomic mass is 35.5. The van der Waals surface area contributed by atoms with Crippen molar-refractivity contribution in [3.63, 3.8) is 0 Å². The van der Waals surface area contributed by atoms with E-state index in [2.05, 4.69) is 15.3 Å². The van der Waals surface area contributed by atoms with E-state index in [9.17, 15) is 4.79 Å². The number of fused-ring (bicyclic) bond motifs is 1. The lowest BCUT2D eigenvalue weighted by molar-refractivity contribution is 0.102. The third-order valence-electron chi connectivity index (χ3n) is 2.95. The number of hydrogen-bond acceptors (Lipinski definition) is 2. The van der Waals surface area contributed by atoms with Crippen LogP contribution in [-0.4, -0.2) is 15.9 Å². The molecule has 1 aromatic heterocycles. The molecule has 1 amide bonds. The lowest BCUT2D eigenvalue weighted by Crippen LogP contribution is -2.12. The van der Waals surface area contributed by atoms with E-state index in [1.54, 1.807) is 12.1 Å². The number of nitrogens with one attached hydrogen (secondary N) is 2. The summed E-state index contributed by atoms with van der Waals surface area (Å²) in [6.45, 7) is 1.84. The minimum atomic E-state index is -0.227. The van der Waals surface area contributed by atoms with Crippen LogP contribution < -0.4 is 5.32 Å². The molecule has 5 heteroatoms.